The summed E-state index contributed by atoms with van der Waals surface area (Å²) >= 11 is 5.86. The molecule has 1 unspecified atom stereocenters. The summed E-state index contributed by atoms with van der Waals surface area (Å²) in [7, 11) is 0. The van der Waals surface area contributed by atoms with E-state index >= 15 is 0 Å². The van der Waals surface area contributed by atoms with Crippen LogP contribution in [0.15, 0.2) is 18.2 Å². The van der Waals surface area contributed by atoms with Crippen molar-refractivity contribution in [2.24, 2.45) is 11.1 Å². The largest absolute Gasteiger partial charge is 0.329 e. The van der Waals surface area contributed by atoms with Crippen molar-refractivity contribution in [3.05, 3.63) is 34.6 Å². The van der Waals surface area contributed by atoms with Crippen LogP contribution in [-0.2, 0) is 0 Å². The third kappa shape index (κ3) is 3.28. The Morgan fingerprint density at radius 3 is 2.58 bits per heavy atom. The second-order valence-corrected chi connectivity index (χ2v) is 6.50. The molecule has 1 aliphatic rings. The summed E-state index contributed by atoms with van der Waals surface area (Å²) < 4.78 is 14.1. The van der Waals surface area contributed by atoms with Crippen molar-refractivity contribution in [1.82, 2.24) is 4.90 Å². The summed E-state index contributed by atoms with van der Waals surface area (Å²) in [6, 6.07) is 5.08. The number of likely N-dealkylation sites (tertiary alicyclic amines) is 1. The Kier molecular flexibility index (Phi) is 4.49. The van der Waals surface area contributed by atoms with E-state index in [2.05, 4.69) is 18.7 Å². The zero-order chi connectivity index (χ0) is 14.0. The van der Waals surface area contributed by atoms with Gasteiger partial charge < -0.3 is 5.73 Å². The molecule has 106 valence electrons. The third-order valence-electron chi connectivity index (χ3n) is 4.16. The highest BCUT2D eigenvalue weighted by atomic mass is 35.5. The summed E-state index contributed by atoms with van der Waals surface area (Å²) in [5, 5.41) is 0.174. The van der Waals surface area contributed by atoms with Gasteiger partial charge >= 0.3 is 0 Å². The van der Waals surface area contributed by atoms with Gasteiger partial charge in [-0.1, -0.05) is 37.6 Å². The molecule has 1 fully saturated rings. The monoisotopic (exact) mass is 284 g/mol. The molecule has 0 amide bonds. The molecule has 0 aromatic heterocycles. The van der Waals surface area contributed by atoms with Crippen molar-refractivity contribution in [2.75, 3.05) is 19.6 Å². The third-order valence-corrected chi connectivity index (χ3v) is 4.45. The van der Waals surface area contributed by atoms with Gasteiger partial charge in [0.15, 0.2) is 0 Å². The lowest BCUT2D eigenvalue weighted by Gasteiger charge is -2.41. The Balaban J connectivity index is 2.19. The Hall–Kier alpha value is -0.640. The van der Waals surface area contributed by atoms with Gasteiger partial charge in [0.05, 0.1) is 5.02 Å². The van der Waals surface area contributed by atoms with Crippen LogP contribution in [0.5, 0.6) is 0 Å². The lowest BCUT2D eigenvalue weighted by Crippen LogP contribution is -2.42. The molecular weight excluding hydrogens is 263 g/mol. The van der Waals surface area contributed by atoms with E-state index in [0.717, 1.165) is 25.9 Å². The van der Waals surface area contributed by atoms with Gasteiger partial charge in [0, 0.05) is 18.2 Å². The number of halogens is 2. The van der Waals surface area contributed by atoms with Gasteiger partial charge in [-0.25, -0.2) is 4.39 Å². The molecule has 2 N–H and O–H groups in total. The highest BCUT2D eigenvalue weighted by Gasteiger charge is 2.30. The van der Waals surface area contributed by atoms with E-state index in [0.29, 0.717) is 17.5 Å². The summed E-state index contributed by atoms with van der Waals surface area (Å²) in [4.78, 5) is 2.28. The molecule has 2 rings (SSSR count). The molecule has 1 aromatic rings. The van der Waals surface area contributed by atoms with E-state index in [-0.39, 0.29) is 16.9 Å². The normalized spacial score (nSPS) is 21.3. The van der Waals surface area contributed by atoms with Crippen molar-refractivity contribution in [3.63, 3.8) is 0 Å². The molecule has 1 aromatic carbocycles. The lowest BCUT2D eigenvalue weighted by atomic mass is 9.82. The zero-order valence-electron chi connectivity index (χ0n) is 11.6. The summed E-state index contributed by atoms with van der Waals surface area (Å²) in [5.74, 6) is -0.329. The number of piperidine rings is 1. The molecule has 0 saturated carbocycles. The molecule has 2 nitrogen and oxygen atoms in total. The van der Waals surface area contributed by atoms with Crippen LogP contribution in [0.25, 0.3) is 0 Å². The zero-order valence-corrected chi connectivity index (χ0v) is 12.4. The van der Waals surface area contributed by atoms with Crippen molar-refractivity contribution >= 4 is 11.6 Å². The van der Waals surface area contributed by atoms with Crippen LogP contribution >= 0.6 is 11.6 Å². The number of rotatable bonds is 3. The smallest absolute Gasteiger partial charge is 0.146 e. The Labute approximate surface area is 119 Å². The maximum atomic E-state index is 14.1. The van der Waals surface area contributed by atoms with Crippen LogP contribution < -0.4 is 5.73 Å². The fourth-order valence-corrected chi connectivity index (χ4v) is 2.87. The molecule has 1 saturated heterocycles. The van der Waals surface area contributed by atoms with Crippen molar-refractivity contribution in [1.29, 1.82) is 0 Å². The van der Waals surface area contributed by atoms with Gasteiger partial charge in [-0.15, -0.1) is 0 Å². The first-order valence-corrected chi connectivity index (χ1v) is 7.20. The lowest BCUT2D eigenvalue weighted by molar-refractivity contribution is 0.0949. The van der Waals surface area contributed by atoms with E-state index in [4.69, 9.17) is 17.3 Å². The summed E-state index contributed by atoms with van der Waals surface area (Å²) in [6.07, 6.45) is 2.23. The minimum absolute atomic E-state index is 0.0743. The topological polar surface area (TPSA) is 29.3 Å². The first kappa shape index (κ1) is 14.8. The van der Waals surface area contributed by atoms with E-state index in [1.165, 1.54) is 0 Å². The van der Waals surface area contributed by atoms with Crippen LogP contribution in [0.2, 0.25) is 5.02 Å². The van der Waals surface area contributed by atoms with Gasteiger partial charge in [0.2, 0.25) is 0 Å². The van der Waals surface area contributed by atoms with Crippen LogP contribution in [0.3, 0.4) is 0 Å². The molecule has 0 aliphatic carbocycles. The van der Waals surface area contributed by atoms with Gasteiger partial charge in [-0.3, -0.25) is 4.90 Å². The fourth-order valence-electron chi connectivity index (χ4n) is 2.69. The highest BCUT2D eigenvalue weighted by Crippen LogP contribution is 2.35. The number of nitrogens with zero attached hydrogens (tertiary/aromatic N) is 1. The summed E-state index contributed by atoms with van der Waals surface area (Å²) in [6.45, 7) is 6.89. The van der Waals surface area contributed by atoms with E-state index in [9.17, 15) is 4.39 Å². The van der Waals surface area contributed by atoms with Crippen LogP contribution in [-0.4, -0.2) is 24.5 Å². The van der Waals surface area contributed by atoms with Crippen LogP contribution in [0.1, 0.15) is 38.3 Å². The molecule has 1 atom stereocenters. The fraction of sp³-hybridized carbons (Fsp3) is 0.600. The molecule has 1 aliphatic heterocycles. The average molecular weight is 285 g/mol. The minimum Gasteiger partial charge on any atom is -0.329 e. The number of hydrogen-bond donors (Lipinski definition) is 1. The van der Waals surface area contributed by atoms with Crippen molar-refractivity contribution < 1.29 is 4.39 Å². The first-order chi connectivity index (χ1) is 8.94. The molecule has 0 bridgehead atoms. The second-order valence-electron chi connectivity index (χ2n) is 6.09. The Morgan fingerprint density at radius 1 is 1.37 bits per heavy atom. The minimum atomic E-state index is -0.329. The Morgan fingerprint density at radius 2 is 2.00 bits per heavy atom. The molecule has 19 heavy (non-hydrogen) atoms. The molecular formula is C15H22ClFN2. The van der Waals surface area contributed by atoms with Crippen molar-refractivity contribution in [3.8, 4) is 0 Å². The standard InChI is InChI=1S/C15H22ClFN2/c1-15(2)6-8-19(9-7-15)13(10-18)11-4-3-5-12(16)14(11)17/h3-5,13H,6-10,18H2,1-2H3. The van der Waals surface area contributed by atoms with Gasteiger partial charge in [-0.05, 0) is 37.4 Å². The maximum absolute atomic E-state index is 14.1. The van der Waals surface area contributed by atoms with E-state index in [1.807, 2.05) is 0 Å². The highest BCUT2D eigenvalue weighted by molar-refractivity contribution is 6.30. The Bertz CT molecular complexity index is 438. The molecule has 0 radical (unpaired) electrons. The molecule has 4 heteroatoms. The van der Waals surface area contributed by atoms with E-state index in [1.54, 1.807) is 18.2 Å². The predicted octanol–water partition coefficient (Wildman–Crippen LogP) is 3.60. The van der Waals surface area contributed by atoms with Crippen LogP contribution in [0.4, 0.5) is 4.39 Å². The van der Waals surface area contributed by atoms with Crippen molar-refractivity contribution in [2.45, 2.75) is 32.7 Å². The first-order valence-electron chi connectivity index (χ1n) is 6.82. The maximum Gasteiger partial charge on any atom is 0.146 e. The molecule has 0 spiro atoms. The SMILES string of the molecule is CC1(C)CCN(C(CN)c2cccc(Cl)c2F)CC1. The van der Waals surface area contributed by atoms with E-state index < -0.39 is 0 Å². The average Bonchev–Trinajstić information content (AvgIpc) is 2.37. The summed E-state index contributed by atoms with van der Waals surface area (Å²) in [5.41, 5.74) is 6.87. The van der Waals surface area contributed by atoms with Gasteiger partial charge in [0.1, 0.15) is 5.82 Å². The predicted molar refractivity (Wildman–Crippen MR) is 77.8 cm³/mol. The van der Waals surface area contributed by atoms with Gasteiger partial charge in [-0.2, -0.15) is 0 Å². The number of benzene rings is 1. The van der Waals surface area contributed by atoms with Gasteiger partial charge in [0.25, 0.3) is 0 Å². The number of nitrogens with two attached hydrogens (primary N) is 1. The molecule has 1 heterocycles. The number of hydrogen-bond acceptors (Lipinski definition) is 2. The second kappa shape index (κ2) is 5.78. The quantitative estimate of drug-likeness (QED) is 0.919. The van der Waals surface area contributed by atoms with Crippen LogP contribution in [0, 0.1) is 11.2 Å².